The Morgan fingerprint density at radius 3 is 2.12 bits per heavy atom. The van der Waals surface area contributed by atoms with Gasteiger partial charge in [-0.3, -0.25) is 0 Å². The Bertz CT molecular complexity index is 232. The number of alkyl carbamates (subject to hydrolysis) is 2. The molecular formula is C9H18N2O5. The summed E-state index contributed by atoms with van der Waals surface area (Å²) in [6.07, 6.45) is -2.30. The van der Waals surface area contributed by atoms with Gasteiger partial charge in [0.15, 0.2) is 0 Å². The average molecular weight is 234 g/mol. The molecular weight excluding hydrogens is 216 g/mol. The molecule has 0 spiro atoms. The van der Waals surface area contributed by atoms with Gasteiger partial charge in [-0.1, -0.05) is 0 Å². The van der Waals surface area contributed by atoms with Crippen LogP contribution in [0.3, 0.4) is 0 Å². The molecule has 0 heterocycles. The molecule has 0 aromatic heterocycles. The molecule has 0 saturated heterocycles. The van der Waals surface area contributed by atoms with E-state index < -0.39 is 18.3 Å². The van der Waals surface area contributed by atoms with Crippen LogP contribution in [0.1, 0.15) is 13.8 Å². The van der Waals surface area contributed by atoms with Crippen LogP contribution in [-0.2, 0) is 9.47 Å². The zero-order valence-electron chi connectivity index (χ0n) is 9.65. The summed E-state index contributed by atoms with van der Waals surface area (Å²) >= 11 is 0. The van der Waals surface area contributed by atoms with Gasteiger partial charge in [-0.15, -0.1) is 0 Å². The van der Waals surface area contributed by atoms with Crippen molar-refractivity contribution in [2.24, 2.45) is 0 Å². The van der Waals surface area contributed by atoms with Gasteiger partial charge < -0.3 is 25.2 Å². The van der Waals surface area contributed by atoms with E-state index in [4.69, 9.17) is 0 Å². The van der Waals surface area contributed by atoms with Crippen LogP contribution in [-0.4, -0.2) is 49.7 Å². The van der Waals surface area contributed by atoms with E-state index in [1.54, 1.807) is 13.8 Å². The van der Waals surface area contributed by atoms with Crippen molar-refractivity contribution in [3.05, 3.63) is 0 Å². The number of rotatable bonds is 5. The molecule has 0 saturated carbocycles. The third-order valence-electron chi connectivity index (χ3n) is 1.42. The normalized spacial score (nSPS) is 11.8. The van der Waals surface area contributed by atoms with Gasteiger partial charge in [0.05, 0.1) is 0 Å². The van der Waals surface area contributed by atoms with E-state index in [0.717, 1.165) is 0 Å². The molecule has 0 bridgehead atoms. The molecule has 7 heteroatoms. The van der Waals surface area contributed by atoms with Crippen LogP contribution in [0.15, 0.2) is 0 Å². The summed E-state index contributed by atoms with van der Waals surface area (Å²) in [7, 11) is 1.40. The summed E-state index contributed by atoms with van der Waals surface area (Å²) in [6, 6.07) is -0.0354. The Balaban J connectivity index is 3.60. The Labute approximate surface area is 94.1 Å². The van der Waals surface area contributed by atoms with Crippen molar-refractivity contribution in [1.29, 1.82) is 0 Å². The maximum atomic E-state index is 11.0. The van der Waals surface area contributed by atoms with Crippen LogP contribution in [0.5, 0.6) is 0 Å². The average Bonchev–Trinajstić information content (AvgIpc) is 2.22. The highest BCUT2D eigenvalue weighted by atomic mass is 16.6. The number of nitrogens with one attached hydrogen (secondary N) is 2. The van der Waals surface area contributed by atoms with Crippen molar-refractivity contribution in [1.82, 2.24) is 10.6 Å². The molecule has 16 heavy (non-hydrogen) atoms. The summed E-state index contributed by atoms with van der Waals surface area (Å²) in [5, 5.41) is 14.0. The van der Waals surface area contributed by atoms with Gasteiger partial charge in [0.25, 0.3) is 0 Å². The first-order valence-electron chi connectivity index (χ1n) is 4.91. The van der Waals surface area contributed by atoms with E-state index >= 15 is 0 Å². The predicted octanol–water partition coefficient (Wildman–Crippen LogP) is -0.162. The van der Waals surface area contributed by atoms with Crippen molar-refractivity contribution in [2.45, 2.75) is 26.0 Å². The Morgan fingerprint density at radius 2 is 1.69 bits per heavy atom. The van der Waals surface area contributed by atoms with Gasteiger partial charge in [0, 0.05) is 13.1 Å². The predicted molar refractivity (Wildman–Crippen MR) is 56.0 cm³/mol. The second-order valence-corrected chi connectivity index (χ2v) is 3.40. The molecule has 0 rings (SSSR count). The van der Waals surface area contributed by atoms with E-state index in [1.165, 1.54) is 7.05 Å². The number of hydrogen-bond acceptors (Lipinski definition) is 5. The fourth-order valence-corrected chi connectivity index (χ4v) is 0.741. The maximum Gasteiger partial charge on any atom is 0.407 e. The van der Waals surface area contributed by atoms with Crippen LogP contribution >= 0.6 is 0 Å². The van der Waals surface area contributed by atoms with Gasteiger partial charge in [-0.05, 0) is 13.8 Å². The lowest BCUT2D eigenvalue weighted by Crippen LogP contribution is -2.34. The molecule has 0 aromatic carbocycles. The van der Waals surface area contributed by atoms with Crippen LogP contribution in [0.4, 0.5) is 9.59 Å². The Kier molecular flexibility index (Phi) is 7.02. The van der Waals surface area contributed by atoms with Crippen LogP contribution in [0.25, 0.3) is 0 Å². The molecule has 0 aliphatic carbocycles. The smallest absolute Gasteiger partial charge is 0.407 e. The lowest BCUT2D eigenvalue weighted by molar-refractivity contribution is 0.0227. The maximum absolute atomic E-state index is 11.0. The number of carbonyl (C=O) groups excluding carboxylic acids is 2. The summed E-state index contributed by atoms with van der Waals surface area (Å²) in [5.41, 5.74) is 0. The zero-order valence-corrected chi connectivity index (χ0v) is 9.65. The zero-order chi connectivity index (χ0) is 12.6. The highest BCUT2D eigenvalue weighted by Gasteiger charge is 2.11. The SMILES string of the molecule is CNC(=O)OCC(O)COC(=O)NC(C)C. The number of aliphatic hydroxyl groups is 1. The molecule has 7 nitrogen and oxygen atoms in total. The van der Waals surface area contributed by atoms with Gasteiger partial charge >= 0.3 is 12.2 Å². The first kappa shape index (κ1) is 14.5. The number of aliphatic hydroxyl groups excluding tert-OH is 1. The molecule has 2 amide bonds. The van der Waals surface area contributed by atoms with Crippen LogP contribution in [0.2, 0.25) is 0 Å². The van der Waals surface area contributed by atoms with E-state index in [0.29, 0.717) is 0 Å². The monoisotopic (exact) mass is 234 g/mol. The van der Waals surface area contributed by atoms with Crippen molar-refractivity contribution >= 4 is 12.2 Å². The van der Waals surface area contributed by atoms with Gasteiger partial charge in [-0.25, -0.2) is 9.59 Å². The van der Waals surface area contributed by atoms with Gasteiger partial charge in [0.2, 0.25) is 0 Å². The third-order valence-corrected chi connectivity index (χ3v) is 1.42. The largest absolute Gasteiger partial charge is 0.447 e. The van der Waals surface area contributed by atoms with E-state index in [9.17, 15) is 14.7 Å². The fraction of sp³-hybridized carbons (Fsp3) is 0.778. The molecule has 0 aliphatic rings. The van der Waals surface area contributed by atoms with Crippen molar-refractivity contribution in [3.63, 3.8) is 0 Å². The molecule has 0 radical (unpaired) electrons. The standard InChI is InChI=1S/C9H18N2O5/c1-6(2)11-9(14)16-5-7(12)4-15-8(13)10-3/h6-7,12H,4-5H2,1-3H3,(H,10,13)(H,11,14). The second-order valence-electron chi connectivity index (χ2n) is 3.40. The number of hydrogen-bond donors (Lipinski definition) is 3. The van der Waals surface area contributed by atoms with Gasteiger partial charge in [-0.2, -0.15) is 0 Å². The quantitative estimate of drug-likeness (QED) is 0.614. The Morgan fingerprint density at radius 1 is 1.19 bits per heavy atom. The van der Waals surface area contributed by atoms with Gasteiger partial charge in [0.1, 0.15) is 19.3 Å². The molecule has 0 aliphatic heterocycles. The highest BCUT2D eigenvalue weighted by molar-refractivity contribution is 5.67. The molecule has 1 unspecified atom stereocenters. The van der Waals surface area contributed by atoms with E-state index in [-0.39, 0.29) is 19.3 Å². The van der Waals surface area contributed by atoms with Crippen LogP contribution < -0.4 is 10.6 Å². The second kappa shape index (κ2) is 7.75. The summed E-state index contributed by atoms with van der Waals surface area (Å²) in [4.78, 5) is 21.6. The molecule has 3 N–H and O–H groups in total. The van der Waals surface area contributed by atoms with Crippen LogP contribution in [0, 0.1) is 0 Å². The lowest BCUT2D eigenvalue weighted by atomic mass is 10.4. The summed E-state index contributed by atoms with van der Waals surface area (Å²) in [5.74, 6) is 0. The number of amides is 2. The summed E-state index contributed by atoms with van der Waals surface area (Å²) in [6.45, 7) is 3.11. The lowest BCUT2D eigenvalue weighted by Gasteiger charge is -2.13. The first-order valence-corrected chi connectivity index (χ1v) is 4.91. The minimum absolute atomic E-state index is 0.0354. The summed E-state index contributed by atoms with van der Waals surface area (Å²) < 4.78 is 9.22. The number of carbonyl (C=O) groups is 2. The van der Waals surface area contributed by atoms with E-state index in [1.807, 2.05) is 0 Å². The molecule has 1 atom stereocenters. The van der Waals surface area contributed by atoms with E-state index in [2.05, 4.69) is 20.1 Å². The molecule has 0 fully saturated rings. The number of ether oxygens (including phenoxy) is 2. The minimum Gasteiger partial charge on any atom is -0.447 e. The third kappa shape index (κ3) is 7.86. The van der Waals surface area contributed by atoms with Crippen molar-refractivity contribution in [2.75, 3.05) is 20.3 Å². The Hall–Kier alpha value is -1.50. The molecule has 94 valence electrons. The fourth-order valence-electron chi connectivity index (χ4n) is 0.741. The topological polar surface area (TPSA) is 96.9 Å². The minimum atomic E-state index is -1.03. The van der Waals surface area contributed by atoms with Crippen molar-refractivity contribution < 1.29 is 24.2 Å². The molecule has 0 aromatic rings. The first-order chi connectivity index (χ1) is 7.45. The van der Waals surface area contributed by atoms with Crippen molar-refractivity contribution in [3.8, 4) is 0 Å². The highest BCUT2D eigenvalue weighted by Crippen LogP contribution is 1.90.